The van der Waals surface area contributed by atoms with Crippen molar-refractivity contribution < 1.29 is 0 Å². The van der Waals surface area contributed by atoms with E-state index in [-0.39, 0.29) is 5.56 Å². The molecule has 1 aromatic carbocycles. The summed E-state index contributed by atoms with van der Waals surface area (Å²) in [4.78, 5) is 14.2. The SMILES string of the molecule is C=Cc1cc2ccccc2c(=O)[nH]1. The fourth-order valence-electron chi connectivity index (χ4n) is 1.34. The Kier molecular flexibility index (Phi) is 1.74. The number of fused-ring (bicyclic) bond motifs is 1. The van der Waals surface area contributed by atoms with Gasteiger partial charge in [0.1, 0.15) is 0 Å². The van der Waals surface area contributed by atoms with Crippen molar-refractivity contribution in [1.29, 1.82) is 0 Å². The molecule has 0 unspecified atom stereocenters. The summed E-state index contributed by atoms with van der Waals surface area (Å²) in [7, 11) is 0. The van der Waals surface area contributed by atoms with E-state index in [4.69, 9.17) is 0 Å². The first kappa shape index (κ1) is 7.80. The molecule has 64 valence electrons. The highest BCUT2D eigenvalue weighted by Crippen LogP contribution is 2.09. The molecule has 2 aromatic rings. The second-order valence-electron chi connectivity index (χ2n) is 2.85. The number of H-pyrrole nitrogens is 1. The van der Waals surface area contributed by atoms with Gasteiger partial charge in [0.2, 0.25) is 0 Å². The second-order valence-corrected chi connectivity index (χ2v) is 2.85. The predicted octanol–water partition coefficient (Wildman–Crippen LogP) is 2.17. The zero-order valence-electron chi connectivity index (χ0n) is 7.08. The van der Waals surface area contributed by atoms with Crippen molar-refractivity contribution in [3.05, 3.63) is 53.0 Å². The molecule has 0 radical (unpaired) electrons. The summed E-state index contributed by atoms with van der Waals surface area (Å²) in [5, 5.41) is 1.66. The molecule has 0 saturated heterocycles. The van der Waals surface area contributed by atoms with Crippen LogP contribution in [-0.4, -0.2) is 4.98 Å². The van der Waals surface area contributed by atoms with Crippen LogP contribution in [0.2, 0.25) is 0 Å². The van der Waals surface area contributed by atoms with Crippen LogP contribution >= 0.6 is 0 Å². The highest BCUT2D eigenvalue weighted by Gasteiger charge is 1.97. The van der Waals surface area contributed by atoms with Crippen molar-refractivity contribution >= 4 is 16.8 Å². The van der Waals surface area contributed by atoms with E-state index in [0.29, 0.717) is 5.39 Å². The minimum absolute atomic E-state index is 0.0620. The summed E-state index contributed by atoms with van der Waals surface area (Å²) in [6.07, 6.45) is 1.63. The van der Waals surface area contributed by atoms with Crippen LogP contribution < -0.4 is 5.56 Å². The first-order valence-electron chi connectivity index (χ1n) is 4.06. The summed E-state index contributed by atoms with van der Waals surface area (Å²) in [5.74, 6) is 0. The van der Waals surface area contributed by atoms with Gasteiger partial charge in [-0.3, -0.25) is 4.79 Å². The van der Waals surface area contributed by atoms with Crippen LogP contribution in [0.3, 0.4) is 0 Å². The molecule has 0 aliphatic carbocycles. The summed E-state index contributed by atoms with van der Waals surface area (Å²) in [6.45, 7) is 3.61. The van der Waals surface area contributed by atoms with Crippen LogP contribution in [0.15, 0.2) is 41.7 Å². The number of hydrogen-bond acceptors (Lipinski definition) is 1. The number of hydrogen-bond donors (Lipinski definition) is 1. The van der Waals surface area contributed by atoms with Crippen molar-refractivity contribution in [1.82, 2.24) is 4.98 Å². The van der Waals surface area contributed by atoms with E-state index in [1.807, 2.05) is 24.3 Å². The van der Waals surface area contributed by atoms with Gasteiger partial charge in [0.05, 0.1) is 0 Å². The van der Waals surface area contributed by atoms with Gasteiger partial charge < -0.3 is 4.98 Å². The Morgan fingerprint density at radius 2 is 2.08 bits per heavy atom. The van der Waals surface area contributed by atoms with Gasteiger partial charge in [-0.25, -0.2) is 0 Å². The predicted molar refractivity (Wildman–Crippen MR) is 54.7 cm³/mol. The van der Waals surface area contributed by atoms with E-state index in [0.717, 1.165) is 11.1 Å². The van der Waals surface area contributed by atoms with Gasteiger partial charge in [-0.15, -0.1) is 0 Å². The minimum Gasteiger partial charge on any atom is -0.322 e. The molecule has 2 nitrogen and oxygen atoms in total. The molecule has 13 heavy (non-hydrogen) atoms. The molecule has 0 aliphatic heterocycles. The maximum atomic E-state index is 11.5. The molecular formula is C11H9NO. The maximum absolute atomic E-state index is 11.5. The lowest BCUT2D eigenvalue weighted by atomic mass is 10.1. The third kappa shape index (κ3) is 1.26. The van der Waals surface area contributed by atoms with Gasteiger partial charge in [0.15, 0.2) is 0 Å². The smallest absolute Gasteiger partial charge is 0.256 e. The normalized spacial score (nSPS) is 10.2. The fraction of sp³-hybridized carbons (Fsp3) is 0. The van der Waals surface area contributed by atoms with E-state index in [2.05, 4.69) is 11.6 Å². The number of benzene rings is 1. The molecule has 0 saturated carbocycles. The average Bonchev–Trinajstić information content (AvgIpc) is 2.18. The summed E-state index contributed by atoms with van der Waals surface area (Å²) >= 11 is 0. The highest BCUT2D eigenvalue weighted by molar-refractivity contribution is 5.82. The van der Waals surface area contributed by atoms with Crippen LogP contribution in [0.25, 0.3) is 16.8 Å². The Labute approximate surface area is 75.5 Å². The lowest BCUT2D eigenvalue weighted by molar-refractivity contribution is 1.25. The lowest BCUT2D eigenvalue weighted by Gasteiger charge is -1.97. The molecular weight excluding hydrogens is 162 g/mol. The topological polar surface area (TPSA) is 32.9 Å². The number of rotatable bonds is 1. The fourth-order valence-corrected chi connectivity index (χ4v) is 1.34. The number of nitrogens with one attached hydrogen (secondary N) is 1. The summed E-state index contributed by atoms with van der Waals surface area (Å²) in [5.41, 5.74) is 0.691. The minimum atomic E-state index is -0.0620. The molecule has 0 amide bonds. The third-order valence-corrected chi connectivity index (χ3v) is 1.99. The first-order valence-corrected chi connectivity index (χ1v) is 4.06. The van der Waals surface area contributed by atoms with E-state index in [1.165, 1.54) is 0 Å². The van der Waals surface area contributed by atoms with Gasteiger partial charge in [-0.2, -0.15) is 0 Å². The van der Waals surface area contributed by atoms with E-state index >= 15 is 0 Å². The van der Waals surface area contributed by atoms with Gasteiger partial charge in [0.25, 0.3) is 5.56 Å². The van der Waals surface area contributed by atoms with Gasteiger partial charge in [-0.1, -0.05) is 24.8 Å². The van der Waals surface area contributed by atoms with Gasteiger partial charge in [-0.05, 0) is 23.6 Å². The van der Waals surface area contributed by atoms with Crippen LogP contribution in [-0.2, 0) is 0 Å². The summed E-state index contributed by atoms with van der Waals surface area (Å²) in [6, 6.07) is 9.39. The Bertz CT molecular complexity index is 511. The van der Waals surface area contributed by atoms with Crippen molar-refractivity contribution in [2.45, 2.75) is 0 Å². The maximum Gasteiger partial charge on any atom is 0.256 e. The van der Waals surface area contributed by atoms with E-state index < -0.39 is 0 Å². The molecule has 2 heteroatoms. The molecule has 0 fully saturated rings. The Hall–Kier alpha value is -1.83. The number of aromatic amines is 1. The molecule has 0 atom stereocenters. The van der Waals surface area contributed by atoms with Crippen molar-refractivity contribution in [3.8, 4) is 0 Å². The molecule has 0 aliphatic rings. The number of aromatic nitrogens is 1. The van der Waals surface area contributed by atoms with Crippen LogP contribution in [0, 0.1) is 0 Å². The molecule has 1 N–H and O–H groups in total. The number of pyridine rings is 1. The zero-order valence-corrected chi connectivity index (χ0v) is 7.08. The Morgan fingerprint density at radius 3 is 2.85 bits per heavy atom. The zero-order chi connectivity index (χ0) is 9.26. The average molecular weight is 171 g/mol. The summed E-state index contributed by atoms with van der Waals surface area (Å²) < 4.78 is 0. The van der Waals surface area contributed by atoms with Crippen LogP contribution in [0.5, 0.6) is 0 Å². The third-order valence-electron chi connectivity index (χ3n) is 1.99. The quantitative estimate of drug-likeness (QED) is 0.700. The lowest BCUT2D eigenvalue weighted by Crippen LogP contribution is -2.06. The first-order chi connectivity index (χ1) is 6.31. The molecule has 0 spiro atoms. The standard InChI is InChI=1S/C11H9NO/c1-2-9-7-8-5-3-4-6-10(8)11(13)12-9/h2-7H,1H2,(H,12,13). The van der Waals surface area contributed by atoms with E-state index in [1.54, 1.807) is 12.1 Å². The van der Waals surface area contributed by atoms with Crippen LogP contribution in [0.1, 0.15) is 5.69 Å². The monoisotopic (exact) mass is 171 g/mol. The Balaban J connectivity index is 2.92. The van der Waals surface area contributed by atoms with E-state index in [9.17, 15) is 4.79 Å². The van der Waals surface area contributed by atoms with Gasteiger partial charge >= 0.3 is 0 Å². The van der Waals surface area contributed by atoms with Crippen LogP contribution in [0.4, 0.5) is 0 Å². The second kappa shape index (κ2) is 2.90. The highest BCUT2D eigenvalue weighted by atomic mass is 16.1. The van der Waals surface area contributed by atoms with Crippen molar-refractivity contribution in [2.75, 3.05) is 0 Å². The van der Waals surface area contributed by atoms with Gasteiger partial charge in [0, 0.05) is 11.1 Å². The van der Waals surface area contributed by atoms with Crippen molar-refractivity contribution in [2.24, 2.45) is 0 Å². The molecule has 1 heterocycles. The molecule has 2 rings (SSSR count). The largest absolute Gasteiger partial charge is 0.322 e. The van der Waals surface area contributed by atoms with Crippen molar-refractivity contribution in [3.63, 3.8) is 0 Å². The Morgan fingerprint density at radius 1 is 1.31 bits per heavy atom. The molecule has 0 bridgehead atoms. The molecule has 1 aromatic heterocycles.